The summed E-state index contributed by atoms with van der Waals surface area (Å²) in [5.74, 6) is -1.35. The summed E-state index contributed by atoms with van der Waals surface area (Å²) in [5, 5.41) is 11.6. The molecule has 4 nitrogen and oxygen atoms in total. The van der Waals surface area contributed by atoms with Gasteiger partial charge in [-0.25, -0.2) is 0 Å². The lowest BCUT2D eigenvalue weighted by molar-refractivity contribution is -0.141. The topological polar surface area (TPSA) is 66.4 Å². The second-order valence-corrected chi connectivity index (χ2v) is 6.08. The van der Waals surface area contributed by atoms with E-state index in [4.69, 9.17) is 5.11 Å². The molecule has 112 valence electrons. The summed E-state index contributed by atoms with van der Waals surface area (Å²) in [4.78, 5) is 24.7. The molecule has 1 aromatic rings. The monoisotopic (exact) mass is 297 g/mol. The highest BCUT2D eigenvalue weighted by Crippen LogP contribution is 2.24. The molecular formula is C15H23NO3S. The fourth-order valence-corrected chi connectivity index (χ4v) is 3.20. The van der Waals surface area contributed by atoms with E-state index in [1.165, 1.54) is 10.4 Å². The Balaban J connectivity index is 2.57. The quantitative estimate of drug-likeness (QED) is 0.775. The molecule has 0 bridgehead atoms. The van der Waals surface area contributed by atoms with Crippen molar-refractivity contribution in [2.45, 2.75) is 46.5 Å². The molecule has 0 aliphatic rings. The van der Waals surface area contributed by atoms with Gasteiger partial charge in [0, 0.05) is 11.4 Å². The van der Waals surface area contributed by atoms with Crippen molar-refractivity contribution in [2.24, 2.45) is 5.92 Å². The van der Waals surface area contributed by atoms with Gasteiger partial charge in [0.2, 0.25) is 0 Å². The first-order valence-electron chi connectivity index (χ1n) is 7.12. The van der Waals surface area contributed by atoms with Crippen LogP contribution in [0, 0.1) is 5.92 Å². The molecule has 5 heteroatoms. The fourth-order valence-electron chi connectivity index (χ4n) is 1.93. The van der Waals surface area contributed by atoms with Gasteiger partial charge in [-0.1, -0.05) is 27.2 Å². The molecule has 20 heavy (non-hydrogen) atoms. The third kappa shape index (κ3) is 4.63. The van der Waals surface area contributed by atoms with Crippen LogP contribution in [-0.2, 0) is 17.6 Å². The predicted molar refractivity (Wildman–Crippen MR) is 81.4 cm³/mol. The van der Waals surface area contributed by atoms with Crippen molar-refractivity contribution in [3.8, 4) is 0 Å². The van der Waals surface area contributed by atoms with E-state index in [1.54, 1.807) is 18.3 Å². The molecule has 1 heterocycles. The van der Waals surface area contributed by atoms with Gasteiger partial charge < -0.3 is 10.4 Å². The predicted octanol–water partition coefficient (Wildman–Crippen LogP) is 3.10. The molecule has 0 aromatic carbocycles. The van der Waals surface area contributed by atoms with Gasteiger partial charge in [-0.2, -0.15) is 0 Å². The van der Waals surface area contributed by atoms with Crippen LogP contribution >= 0.6 is 11.3 Å². The zero-order chi connectivity index (χ0) is 15.1. The van der Waals surface area contributed by atoms with E-state index in [0.29, 0.717) is 13.0 Å². The Bertz CT molecular complexity index is 468. The van der Waals surface area contributed by atoms with Gasteiger partial charge in [0.1, 0.15) is 0 Å². The number of aliphatic carboxylic acids is 1. The lowest BCUT2D eigenvalue weighted by Gasteiger charge is -2.06. The maximum absolute atomic E-state index is 12.0. The van der Waals surface area contributed by atoms with Gasteiger partial charge in [0.25, 0.3) is 5.91 Å². The molecule has 0 saturated heterocycles. The Morgan fingerprint density at radius 3 is 2.65 bits per heavy atom. The van der Waals surface area contributed by atoms with Crippen LogP contribution in [0.4, 0.5) is 0 Å². The highest BCUT2D eigenvalue weighted by atomic mass is 32.1. The van der Waals surface area contributed by atoms with Gasteiger partial charge in [0.15, 0.2) is 0 Å². The van der Waals surface area contributed by atoms with Crippen molar-refractivity contribution >= 4 is 23.2 Å². The number of carbonyl (C=O) groups excluding carboxylic acids is 1. The smallest absolute Gasteiger partial charge is 0.306 e. The van der Waals surface area contributed by atoms with E-state index in [1.807, 2.05) is 6.07 Å². The third-order valence-electron chi connectivity index (χ3n) is 3.26. The number of rotatable bonds is 8. The number of carboxylic acid groups (broad SMARTS) is 1. The number of aryl methyl sites for hydroxylation is 2. The lowest BCUT2D eigenvalue weighted by Crippen LogP contribution is -2.26. The highest BCUT2D eigenvalue weighted by molar-refractivity contribution is 7.14. The third-order valence-corrected chi connectivity index (χ3v) is 4.50. The first-order chi connectivity index (χ1) is 9.49. The number of amides is 1. The fraction of sp³-hybridized carbons (Fsp3) is 0.600. The molecule has 1 amide bonds. The maximum atomic E-state index is 12.0. The summed E-state index contributed by atoms with van der Waals surface area (Å²) in [5.41, 5.74) is 1.25. The number of hydrogen-bond acceptors (Lipinski definition) is 3. The van der Waals surface area contributed by atoms with Crippen molar-refractivity contribution in [3.05, 3.63) is 21.4 Å². The summed E-state index contributed by atoms with van der Waals surface area (Å²) < 4.78 is 0. The maximum Gasteiger partial charge on any atom is 0.306 e. The minimum Gasteiger partial charge on any atom is -0.481 e. The van der Waals surface area contributed by atoms with E-state index < -0.39 is 11.9 Å². The van der Waals surface area contributed by atoms with E-state index in [9.17, 15) is 9.59 Å². The van der Waals surface area contributed by atoms with Crippen LogP contribution in [0.25, 0.3) is 0 Å². The second-order valence-electron chi connectivity index (χ2n) is 4.95. The normalized spacial score (nSPS) is 12.2. The van der Waals surface area contributed by atoms with Gasteiger partial charge in [-0.15, -0.1) is 11.3 Å². The standard InChI is InChI=1S/C15H23NO3S/c1-4-6-12-11(5-2)9-13(20-12)14(17)16-8-7-10(3)15(18)19/h9-10H,4-8H2,1-3H3,(H,16,17)(H,18,19). The van der Waals surface area contributed by atoms with E-state index in [0.717, 1.165) is 24.1 Å². The van der Waals surface area contributed by atoms with Crippen LogP contribution in [-0.4, -0.2) is 23.5 Å². The van der Waals surface area contributed by atoms with E-state index in [-0.39, 0.29) is 5.91 Å². The van der Waals surface area contributed by atoms with Crippen LogP contribution in [0.5, 0.6) is 0 Å². The molecular weight excluding hydrogens is 274 g/mol. The zero-order valence-electron chi connectivity index (χ0n) is 12.4. The van der Waals surface area contributed by atoms with Crippen LogP contribution in [0.2, 0.25) is 0 Å². The lowest BCUT2D eigenvalue weighted by atomic mass is 10.1. The molecule has 1 unspecified atom stereocenters. The van der Waals surface area contributed by atoms with E-state index in [2.05, 4.69) is 19.2 Å². The molecule has 0 spiro atoms. The summed E-state index contributed by atoms with van der Waals surface area (Å²) in [6, 6.07) is 1.96. The Kier molecular flexibility index (Phi) is 6.71. The molecule has 0 radical (unpaired) electrons. The summed E-state index contributed by atoms with van der Waals surface area (Å²) >= 11 is 1.55. The van der Waals surface area contributed by atoms with Crippen LogP contribution in [0.1, 0.15) is 53.7 Å². The summed E-state index contributed by atoms with van der Waals surface area (Å²) in [6.07, 6.45) is 3.48. The van der Waals surface area contributed by atoms with Gasteiger partial charge in [-0.3, -0.25) is 9.59 Å². The van der Waals surface area contributed by atoms with Crippen molar-refractivity contribution in [1.82, 2.24) is 5.32 Å². The SMILES string of the molecule is CCCc1sc(C(=O)NCCC(C)C(=O)O)cc1CC. The van der Waals surface area contributed by atoms with Crippen molar-refractivity contribution in [1.29, 1.82) is 0 Å². The van der Waals surface area contributed by atoms with Crippen molar-refractivity contribution < 1.29 is 14.7 Å². The average Bonchev–Trinajstić information content (AvgIpc) is 2.82. The number of carbonyl (C=O) groups is 2. The Labute approximate surface area is 124 Å². The van der Waals surface area contributed by atoms with Gasteiger partial charge >= 0.3 is 5.97 Å². The Hall–Kier alpha value is -1.36. The molecule has 0 fully saturated rings. The summed E-state index contributed by atoms with van der Waals surface area (Å²) in [6.45, 7) is 6.27. The molecule has 0 saturated carbocycles. The second kappa shape index (κ2) is 8.04. The van der Waals surface area contributed by atoms with Crippen molar-refractivity contribution in [2.75, 3.05) is 6.54 Å². The van der Waals surface area contributed by atoms with Gasteiger partial charge in [0.05, 0.1) is 10.8 Å². The molecule has 0 aliphatic heterocycles. The molecule has 1 rings (SSSR count). The highest BCUT2D eigenvalue weighted by Gasteiger charge is 2.14. The number of hydrogen-bond donors (Lipinski definition) is 2. The van der Waals surface area contributed by atoms with E-state index >= 15 is 0 Å². The average molecular weight is 297 g/mol. The number of carboxylic acids is 1. The molecule has 0 aliphatic carbocycles. The molecule has 1 atom stereocenters. The largest absolute Gasteiger partial charge is 0.481 e. The molecule has 1 aromatic heterocycles. The number of thiophene rings is 1. The zero-order valence-corrected chi connectivity index (χ0v) is 13.2. The van der Waals surface area contributed by atoms with Crippen LogP contribution < -0.4 is 5.32 Å². The first-order valence-corrected chi connectivity index (χ1v) is 7.93. The number of nitrogens with one attached hydrogen (secondary N) is 1. The first kappa shape index (κ1) is 16.7. The molecule has 2 N–H and O–H groups in total. The van der Waals surface area contributed by atoms with Crippen LogP contribution in [0.3, 0.4) is 0 Å². The summed E-state index contributed by atoms with van der Waals surface area (Å²) in [7, 11) is 0. The van der Waals surface area contributed by atoms with Crippen molar-refractivity contribution in [3.63, 3.8) is 0 Å². The Morgan fingerprint density at radius 1 is 1.40 bits per heavy atom. The van der Waals surface area contributed by atoms with Gasteiger partial charge in [-0.05, 0) is 30.9 Å². The minimum absolute atomic E-state index is 0.0929. The Morgan fingerprint density at radius 2 is 2.10 bits per heavy atom. The minimum atomic E-state index is -0.825. The van der Waals surface area contributed by atoms with Crippen LogP contribution in [0.15, 0.2) is 6.07 Å².